The lowest BCUT2D eigenvalue weighted by atomic mass is 10.1. The second kappa shape index (κ2) is 11.2. The third-order valence-corrected chi connectivity index (χ3v) is 5.53. The summed E-state index contributed by atoms with van der Waals surface area (Å²) < 4.78 is 34.6. The van der Waals surface area contributed by atoms with Gasteiger partial charge in [-0.1, -0.05) is 11.6 Å². The van der Waals surface area contributed by atoms with Crippen LogP contribution in [0.4, 0.5) is 21.6 Å². The first kappa shape index (κ1) is 25.1. The topological polar surface area (TPSA) is 121 Å². The third-order valence-electron chi connectivity index (χ3n) is 5.24. The van der Waals surface area contributed by atoms with Gasteiger partial charge in [0.15, 0.2) is 0 Å². The minimum Gasteiger partial charge on any atom is -0.486 e. The number of aromatic nitrogens is 2. The van der Waals surface area contributed by atoms with Gasteiger partial charge in [0, 0.05) is 23.6 Å². The van der Waals surface area contributed by atoms with Crippen molar-refractivity contribution in [2.75, 3.05) is 38.1 Å². The van der Waals surface area contributed by atoms with Gasteiger partial charge in [-0.2, -0.15) is 0 Å². The molecule has 0 spiro atoms. The molecule has 4 rings (SSSR count). The van der Waals surface area contributed by atoms with Crippen LogP contribution in [0.15, 0.2) is 48.4 Å². The quantitative estimate of drug-likeness (QED) is 0.336. The van der Waals surface area contributed by atoms with E-state index in [4.69, 9.17) is 25.8 Å². The van der Waals surface area contributed by atoms with Gasteiger partial charge in [-0.15, -0.1) is 0 Å². The van der Waals surface area contributed by atoms with E-state index in [0.29, 0.717) is 53.5 Å². The van der Waals surface area contributed by atoms with E-state index in [2.05, 4.69) is 25.3 Å². The van der Waals surface area contributed by atoms with E-state index in [0.717, 1.165) is 6.08 Å². The van der Waals surface area contributed by atoms with Crippen LogP contribution < -0.4 is 15.4 Å². The number of benzene rings is 2. The number of carbonyl (C=O) groups is 2. The first-order valence-electron chi connectivity index (χ1n) is 10.8. The Morgan fingerprint density at radius 1 is 1.19 bits per heavy atom. The van der Waals surface area contributed by atoms with Gasteiger partial charge in [0.2, 0.25) is 0 Å². The fourth-order valence-electron chi connectivity index (χ4n) is 3.45. The normalized spacial score (nSPS) is 15.4. The van der Waals surface area contributed by atoms with Crippen LogP contribution in [0.25, 0.3) is 10.9 Å². The molecule has 1 unspecified atom stereocenters. The molecule has 1 aliphatic rings. The zero-order valence-electron chi connectivity index (χ0n) is 19.3. The summed E-state index contributed by atoms with van der Waals surface area (Å²) in [6.07, 6.45) is 2.80. The molecule has 1 aliphatic heterocycles. The highest BCUT2D eigenvalue weighted by atomic mass is 35.5. The van der Waals surface area contributed by atoms with E-state index in [1.54, 1.807) is 12.1 Å². The molecule has 188 valence electrons. The van der Waals surface area contributed by atoms with Crippen molar-refractivity contribution < 1.29 is 32.9 Å². The van der Waals surface area contributed by atoms with Crippen LogP contribution in [0.3, 0.4) is 0 Å². The number of fused-ring (bicyclic) bond motifs is 1. The monoisotopic (exact) mass is 516 g/mol. The number of halogens is 2. The SMILES string of the molecule is COC(=O)/C=C(/Nc1cc2c(Nc3ccc(F)c(Cl)c3)ncnc2cc1OC1CCOC1)C(=O)OC. The van der Waals surface area contributed by atoms with Gasteiger partial charge >= 0.3 is 11.9 Å². The first-order valence-corrected chi connectivity index (χ1v) is 11.2. The summed E-state index contributed by atoms with van der Waals surface area (Å²) in [7, 11) is 2.38. The molecule has 36 heavy (non-hydrogen) atoms. The summed E-state index contributed by atoms with van der Waals surface area (Å²) in [6.45, 7) is 0.967. The Balaban J connectivity index is 1.79. The lowest BCUT2D eigenvalue weighted by Gasteiger charge is -2.19. The molecule has 0 aliphatic carbocycles. The number of ether oxygens (including phenoxy) is 4. The van der Waals surface area contributed by atoms with Crippen LogP contribution in [0, 0.1) is 5.82 Å². The van der Waals surface area contributed by atoms with Crippen molar-refractivity contribution in [3.63, 3.8) is 0 Å². The predicted molar refractivity (Wildman–Crippen MR) is 130 cm³/mol. The molecule has 3 aromatic rings. The van der Waals surface area contributed by atoms with E-state index in [1.807, 2.05) is 0 Å². The average Bonchev–Trinajstić information content (AvgIpc) is 3.39. The minimum absolute atomic E-state index is 0.0501. The Kier molecular flexibility index (Phi) is 7.81. The summed E-state index contributed by atoms with van der Waals surface area (Å²) >= 11 is 5.91. The van der Waals surface area contributed by atoms with Crippen molar-refractivity contribution in [1.29, 1.82) is 0 Å². The van der Waals surface area contributed by atoms with E-state index in [1.165, 1.54) is 38.7 Å². The fraction of sp³-hybridized carbons (Fsp3) is 0.250. The number of nitrogens with one attached hydrogen (secondary N) is 2. The number of esters is 2. The first-order chi connectivity index (χ1) is 17.4. The largest absolute Gasteiger partial charge is 0.486 e. The Hall–Kier alpha value is -3.96. The van der Waals surface area contributed by atoms with Gasteiger partial charge in [-0.3, -0.25) is 0 Å². The highest BCUT2D eigenvalue weighted by molar-refractivity contribution is 6.31. The van der Waals surface area contributed by atoms with Crippen molar-refractivity contribution in [2.24, 2.45) is 0 Å². The Morgan fingerprint density at radius 3 is 2.72 bits per heavy atom. The van der Waals surface area contributed by atoms with Crippen molar-refractivity contribution >= 4 is 51.6 Å². The smallest absolute Gasteiger partial charge is 0.354 e. The number of anilines is 3. The molecule has 0 radical (unpaired) electrons. The molecule has 0 saturated carbocycles. The number of carbonyl (C=O) groups excluding carboxylic acids is 2. The van der Waals surface area contributed by atoms with Crippen molar-refractivity contribution in [3.8, 4) is 5.75 Å². The summed E-state index contributed by atoms with van der Waals surface area (Å²) in [5.41, 5.74) is 1.19. The van der Waals surface area contributed by atoms with Crippen LogP contribution in [0.2, 0.25) is 5.02 Å². The zero-order chi connectivity index (χ0) is 25.7. The lowest BCUT2D eigenvalue weighted by Crippen LogP contribution is -2.19. The predicted octanol–water partition coefficient (Wildman–Crippen LogP) is 3.98. The molecule has 1 aromatic heterocycles. The second-order valence-corrected chi connectivity index (χ2v) is 8.05. The van der Waals surface area contributed by atoms with Crippen LogP contribution in [0.5, 0.6) is 5.75 Å². The molecule has 1 saturated heterocycles. The van der Waals surface area contributed by atoms with Crippen LogP contribution in [-0.4, -0.2) is 55.4 Å². The van der Waals surface area contributed by atoms with Gasteiger partial charge in [-0.05, 0) is 24.3 Å². The van der Waals surface area contributed by atoms with E-state index in [9.17, 15) is 14.0 Å². The van der Waals surface area contributed by atoms with Crippen molar-refractivity contribution in [3.05, 3.63) is 59.3 Å². The maximum atomic E-state index is 13.6. The molecule has 0 amide bonds. The molecule has 0 bridgehead atoms. The fourth-order valence-corrected chi connectivity index (χ4v) is 3.63. The second-order valence-electron chi connectivity index (χ2n) is 7.64. The summed E-state index contributed by atoms with van der Waals surface area (Å²) in [4.78, 5) is 32.8. The molecule has 2 N–H and O–H groups in total. The molecule has 2 aromatic carbocycles. The van der Waals surface area contributed by atoms with Gasteiger partial charge in [0.25, 0.3) is 0 Å². The van der Waals surface area contributed by atoms with Crippen LogP contribution in [-0.2, 0) is 23.8 Å². The summed E-state index contributed by atoms with van der Waals surface area (Å²) in [6, 6.07) is 7.50. The molecule has 2 heterocycles. The Labute approximate surface area is 210 Å². The van der Waals surface area contributed by atoms with Gasteiger partial charge in [-0.25, -0.2) is 23.9 Å². The molecule has 12 heteroatoms. The maximum absolute atomic E-state index is 13.6. The zero-order valence-corrected chi connectivity index (χ0v) is 20.1. The average molecular weight is 517 g/mol. The Bertz CT molecular complexity index is 1330. The standard InChI is InChI=1S/C24H22ClFN4O6/c1-33-22(31)10-20(24(32)34-2)30-19-8-15-18(9-21(19)36-14-5-6-35-11-14)27-12-28-23(15)29-13-3-4-17(26)16(25)7-13/h3-4,7-10,12,14,30H,5-6,11H2,1-2H3,(H,27,28,29)/b20-10+. The van der Waals surface area contributed by atoms with Crippen LogP contribution >= 0.6 is 11.6 Å². The number of rotatable bonds is 8. The Morgan fingerprint density at radius 2 is 2.03 bits per heavy atom. The van der Waals surface area contributed by atoms with E-state index >= 15 is 0 Å². The van der Waals surface area contributed by atoms with E-state index < -0.39 is 17.8 Å². The highest BCUT2D eigenvalue weighted by Gasteiger charge is 2.22. The summed E-state index contributed by atoms with van der Waals surface area (Å²) in [5, 5.41) is 6.48. The number of hydrogen-bond donors (Lipinski definition) is 2. The highest BCUT2D eigenvalue weighted by Crippen LogP contribution is 2.35. The number of nitrogens with zero attached hydrogens (tertiary/aromatic N) is 2. The van der Waals surface area contributed by atoms with Crippen molar-refractivity contribution in [2.45, 2.75) is 12.5 Å². The molecule has 1 atom stereocenters. The van der Waals surface area contributed by atoms with Crippen LogP contribution in [0.1, 0.15) is 6.42 Å². The van der Waals surface area contributed by atoms with Gasteiger partial charge in [0.1, 0.15) is 35.5 Å². The number of hydrogen-bond acceptors (Lipinski definition) is 10. The van der Waals surface area contributed by atoms with Gasteiger partial charge in [0.05, 0.1) is 49.7 Å². The van der Waals surface area contributed by atoms with Gasteiger partial charge < -0.3 is 29.6 Å². The summed E-state index contributed by atoms with van der Waals surface area (Å²) in [5.74, 6) is -1.34. The maximum Gasteiger partial charge on any atom is 0.354 e. The molecular weight excluding hydrogens is 495 g/mol. The molecular formula is C24H22ClFN4O6. The molecule has 10 nitrogen and oxygen atoms in total. The third kappa shape index (κ3) is 5.81. The molecule has 1 fully saturated rings. The minimum atomic E-state index is -0.792. The lowest BCUT2D eigenvalue weighted by molar-refractivity contribution is -0.138. The van der Waals surface area contributed by atoms with Crippen molar-refractivity contribution in [1.82, 2.24) is 9.97 Å². The number of methoxy groups -OCH3 is 2. The van der Waals surface area contributed by atoms with E-state index in [-0.39, 0.29) is 16.8 Å².